The number of rotatable bonds is 2. The van der Waals surface area contributed by atoms with E-state index in [1.54, 1.807) is 0 Å². The summed E-state index contributed by atoms with van der Waals surface area (Å²) in [5.41, 5.74) is 0. The molecular weight excluding hydrogens is 122 g/mol. The molecule has 0 aromatic heterocycles. The van der Waals surface area contributed by atoms with Gasteiger partial charge in [0.1, 0.15) is 0 Å². The number of hydrogen-bond donors (Lipinski definition) is 0. The van der Waals surface area contributed by atoms with Crippen LogP contribution in [0.1, 0.15) is 26.7 Å². The molecule has 0 saturated carbocycles. The lowest BCUT2D eigenvalue weighted by molar-refractivity contribution is 0.251. The Kier molecular flexibility index (Phi) is 5.32. The second-order valence-corrected chi connectivity index (χ2v) is 2.65. The fourth-order valence-electron chi connectivity index (χ4n) is 1.32. The molecule has 1 fully saturated rings. The van der Waals surface area contributed by atoms with Gasteiger partial charge in [0, 0.05) is 6.54 Å². The molecule has 10 heavy (non-hydrogen) atoms. The van der Waals surface area contributed by atoms with Crippen molar-refractivity contribution in [3.05, 3.63) is 12.7 Å². The highest BCUT2D eigenvalue weighted by molar-refractivity contribution is 4.75. The van der Waals surface area contributed by atoms with Crippen LogP contribution in [-0.2, 0) is 0 Å². The quantitative estimate of drug-likeness (QED) is 0.533. The Morgan fingerprint density at radius 2 is 1.80 bits per heavy atom. The Morgan fingerprint density at radius 3 is 2.30 bits per heavy atom. The van der Waals surface area contributed by atoms with Crippen molar-refractivity contribution in [2.24, 2.45) is 0 Å². The van der Waals surface area contributed by atoms with Gasteiger partial charge in [-0.1, -0.05) is 19.9 Å². The molecule has 0 radical (unpaired) electrons. The Hall–Kier alpha value is -0.300. The van der Waals surface area contributed by atoms with Crippen LogP contribution in [0.4, 0.5) is 0 Å². The van der Waals surface area contributed by atoms with E-state index in [4.69, 9.17) is 0 Å². The fourth-order valence-corrected chi connectivity index (χ4v) is 1.32. The average Bonchev–Trinajstić information content (AvgIpc) is 1.91. The van der Waals surface area contributed by atoms with E-state index in [2.05, 4.69) is 11.5 Å². The van der Waals surface area contributed by atoms with Crippen LogP contribution >= 0.6 is 0 Å². The smallest absolute Gasteiger partial charge is 0.0160 e. The lowest BCUT2D eigenvalue weighted by atomic mass is 10.1. The van der Waals surface area contributed by atoms with Crippen molar-refractivity contribution in [3.63, 3.8) is 0 Å². The first-order valence-corrected chi connectivity index (χ1v) is 3.77. The molecule has 0 bridgehead atoms. The number of likely N-dealkylation sites (tertiary alicyclic amines) is 1. The van der Waals surface area contributed by atoms with Gasteiger partial charge in [0.05, 0.1) is 0 Å². The minimum atomic E-state index is 0. The van der Waals surface area contributed by atoms with Crippen LogP contribution in [0.3, 0.4) is 0 Å². The summed E-state index contributed by atoms with van der Waals surface area (Å²) < 4.78 is 0. The largest absolute Gasteiger partial charge is 0.300 e. The minimum Gasteiger partial charge on any atom is -0.300 e. The van der Waals surface area contributed by atoms with E-state index >= 15 is 0 Å². The first-order chi connectivity index (χ1) is 4.43. The van der Waals surface area contributed by atoms with Crippen molar-refractivity contribution in [1.29, 1.82) is 0 Å². The Labute approximate surface area is 64.7 Å². The topological polar surface area (TPSA) is 3.24 Å². The molecule has 0 amide bonds. The highest BCUT2D eigenvalue weighted by Crippen LogP contribution is 2.07. The van der Waals surface area contributed by atoms with Crippen LogP contribution in [0.15, 0.2) is 12.7 Å². The van der Waals surface area contributed by atoms with Crippen LogP contribution in [-0.4, -0.2) is 24.5 Å². The molecule has 1 nitrogen and oxygen atoms in total. The van der Waals surface area contributed by atoms with Gasteiger partial charge in [0.15, 0.2) is 0 Å². The summed E-state index contributed by atoms with van der Waals surface area (Å²) in [6.07, 6.45) is 6.18. The third kappa shape index (κ3) is 3.02. The van der Waals surface area contributed by atoms with Crippen molar-refractivity contribution >= 4 is 0 Å². The summed E-state index contributed by atoms with van der Waals surface area (Å²) in [4.78, 5) is 2.45. The van der Waals surface area contributed by atoms with Crippen molar-refractivity contribution in [3.8, 4) is 0 Å². The Bertz CT molecular complexity index is 82.7. The van der Waals surface area contributed by atoms with Gasteiger partial charge in [-0.05, 0) is 25.9 Å². The highest BCUT2D eigenvalue weighted by atomic mass is 15.1. The monoisotopic (exact) mass is 141 g/mol. The van der Waals surface area contributed by atoms with E-state index in [0.29, 0.717) is 0 Å². The van der Waals surface area contributed by atoms with E-state index in [0.717, 1.165) is 6.54 Å². The summed E-state index contributed by atoms with van der Waals surface area (Å²) in [7, 11) is 0. The highest BCUT2D eigenvalue weighted by Gasteiger charge is 2.06. The Balaban J connectivity index is 0.000000810. The van der Waals surface area contributed by atoms with Gasteiger partial charge in [0.2, 0.25) is 0 Å². The molecule has 0 aromatic rings. The third-order valence-electron chi connectivity index (χ3n) is 1.84. The molecule has 0 unspecified atom stereocenters. The standard InChI is InChI=1S/C8H15N.CH4/c1-2-6-9-7-4-3-5-8-9;/h2H,1,3-8H2;1H4. The summed E-state index contributed by atoms with van der Waals surface area (Å²) >= 11 is 0. The predicted octanol–water partition coefficient (Wildman–Crippen LogP) is 2.29. The molecule has 1 aliphatic heterocycles. The lowest BCUT2D eigenvalue weighted by Crippen LogP contribution is -2.29. The molecule has 0 spiro atoms. The summed E-state index contributed by atoms with van der Waals surface area (Å²) in [6.45, 7) is 7.36. The third-order valence-corrected chi connectivity index (χ3v) is 1.84. The normalized spacial score (nSPS) is 19.6. The van der Waals surface area contributed by atoms with Gasteiger partial charge < -0.3 is 0 Å². The predicted molar refractivity (Wildman–Crippen MR) is 47.2 cm³/mol. The SMILES string of the molecule is C.C=CCN1CCCCC1. The van der Waals surface area contributed by atoms with Crippen molar-refractivity contribution < 1.29 is 0 Å². The van der Waals surface area contributed by atoms with E-state index in [1.807, 2.05) is 6.08 Å². The van der Waals surface area contributed by atoms with Crippen LogP contribution in [0.25, 0.3) is 0 Å². The molecular formula is C9H19N. The summed E-state index contributed by atoms with van der Waals surface area (Å²) in [5.74, 6) is 0. The molecule has 0 aliphatic carbocycles. The second-order valence-electron chi connectivity index (χ2n) is 2.65. The fraction of sp³-hybridized carbons (Fsp3) is 0.778. The van der Waals surface area contributed by atoms with Crippen LogP contribution in [0.5, 0.6) is 0 Å². The molecule has 1 aliphatic rings. The van der Waals surface area contributed by atoms with Crippen molar-refractivity contribution in [2.45, 2.75) is 26.7 Å². The number of nitrogens with zero attached hydrogens (tertiary/aromatic N) is 1. The average molecular weight is 141 g/mol. The van der Waals surface area contributed by atoms with Gasteiger partial charge in [0.25, 0.3) is 0 Å². The van der Waals surface area contributed by atoms with Crippen LogP contribution in [0.2, 0.25) is 0 Å². The van der Waals surface area contributed by atoms with Crippen LogP contribution < -0.4 is 0 Å². The summed E-state index contributed by atoms with van der Waals surface area (Å²) in [5, 5.41) is 0. The molecule has 0 N–H and O–H groups in total. The maximum absolute atomic E-state index is 3.71. The zero-order chi connectivity index (χ0) is 6.53. The molecule has 0 atom stereocenters. The Morgan fingerprint density at radius 1 is 1.20 bits per heavy atom. The van der Waals surface area contributed by atoms with Gasteiger partial charge in [-0.2, -0.15) is 0 Å². The van der Waals surface area contributed by atoms with Gasteiger partial charge in [-0.3, -0.25) is 4.90 Å². The first kappa shape index (κ1) is 9.70. The lowest BCUT2D eigenvalue weighted by Gasteiger charge is -2.24. The molecule has 1 heterocycles. The maximum Gasteiger partial charge on any atom is 0.0160 e. The molecule has 0 aromatic carbocycles. The second kappa shape index (κ2) is 5.48. The number of piperidine rings is 1. The minimum absolute atomic E-state index is 0. The van der Waals surface area contributed by atoms with E-state index in [1.165, 1.54) is 32.4 Å². The first-order valence-electron chi connectivity index (χ1n) is 3.77. The molecule has 60 valence electrons. The number of hydrogen-bond acceptors (Lipinski definition) is 1. The zero-order valence-corrected chi connectivity index (χ0v) is 5.97. The molecule has 1 saturated heterocycles. The van der Waals surface area contributed by atoms with Gasteiger partial charge in [-0.25, -0.2) is 0 Å². The van der Waals surface area contributed by atoms with Gasteiger partial charge >= 0.3 is 0 Å². The van der Waals surface area contributed by atoms with Crippen molar-refractivity contribution in [2.75, 3.05) is 19.6 Å². The van der Waals surface area contributed by atoms with Gasteiger partial charge in [-0.15, -0.1) is 6.58 Å². The molecule has 1 heteroatoms. The zero-order valence-electron chi connectivity index (χ0n) is 5.97. The van der Waals surface area contributed by atoms with E-state index < -0.39 is 0 Å². The van der Waals surface area contributed by atoms with Crippen LogP contribution in [0, 0.1) is 0 Å². The summed E-state index contributed by atoms with van der Waals surface area (Å²) in [6, 6.07) is 0. The molecule has 1 rings (SSSR count). The maximum atomic E-state index is 3.71. The van der Waals surface area contributed by atoms with E-state index in [9.17, 15) is 0 Å². The van der Waals surface area contributed by atoms with E-state index in [-0.39, 0.29) is 7.43 Å². The van der Waals surface area contributed by atoms with Crippen molar-refractivity contribution in [1.82, 2.24) is 4.90 Å².